The van der Waals surface area contributed by atoms with Crippen LogP contribution in [0.4, 0.5) is 5.69 Å². The van der Waals surface area contributed by atoms with Gasteiger partial charge >= 0.3 is 0 Å². The largest absolute Gasteiger partial charge is 0.494 e. The van der Waals surface area contributed by atoms with Gasteiger partial charge in [0.25, 0.3) is 0 Å². The lowest BCUT2D eigenvalue weighted by Gasteiger charge is -2.05. The molecule has 3 aromatic carbocycles. The summed E-state index contributed by atoms with van der Waals surface area (Å²) in [7, 11) is 0. The molecule has 0 unspecified atom stereocenters. The molecule has 31 heavy (non-hydrogen) atoms. The summed E-state index contributed by atoms with van der Waals surface area (Å²) in [4.78, 5) is 12.6. The van der Waals surface area contributed by atoms with Crippen molar-refractivity contribution in [3.05, 3.63) is 90.3 Å². The molecule has 6 nitrogen and oxygen atoms in total. The van der Waals surface area contributed by atoms with Crippen LogP contribution in [0.15, 0.2) is 89.0 Å². The predicted molar refractivity (Wildman–Crippen MR) is 126 cm³/mol. The van der Waals surface area contributed by atoms with E-state index in [1.807, 2.05) is 78.9 Å². The number of H-pyrrole nitrogens is 1. The summed E-state index contributed by atoms with van der Waals surface area (Å²) in [5.41, 5.74) is 6.64. The third-order valence-corrected chi connectivity index (χ3v) is 4.64. The smallest absolute Gasteiger partial charge is 0.190 e. The van der Waals surface area contributed by atoms with Crippen LogP contribution in [-0.2, 0) is 0 Å². The average Bonchev–Trinajstić information content (AvgIpc) is 3.25. The van der Waals surface area contributed by atoms with Gasteiger partial charge in [-0.1, -0.05) is 43.7 Å². The average molecular weight is 412 g/mol. The summed E-state index contributed by atoms with van der Waals surface area (Å²) < 4.78 is 5.71. The van der Waals surface area contributed by atoms with Crippen LogP contribution in [0.1, 0.15) is 31.2 Å². The molecular weight excluding hydrogens is 386 g/mol. The second kappa shape index (κ2) is 10.2. The van der Waals surface area contributed by atoms with Gasteiger partial charge in [-0.3, -0.25) is 5.43 Å². The molecule has 6 heteroatoms. The Morgan fingerprint density at radius 1 is 1.00 bits per heavy atom. The van der Waals surface area contributed by atoms with E-state index in [9.17, 15) is 0 Å². The molecule has 4 aromatic rings. The number of nitrogens with one attached hydrogen (secondary N) is 2. The van der Waals surface area contributed by atoms with Crippen molar-refractivity contribution in [2.24, 2.45) is 10.1 Å². The topological polar surface area (TPSA) is 74.7 Å². The fraction of sp³-hybridized carbons (Fsp3) is 0.160. The minimum atomic E-state index is 0.540. The Morgan fingerprint density at radius 3 is 2.55 bits per heavy atom. The van der Waals surface area contributed by atoms with Gasteiger partial charge < -0.3 is 9.72 Å². The molecule has 0 atom stereocenters. The van der Waals surface area contributed by atoms with Gasteiger partial charge in [-0.15, -0.1) is 0 Å². The molecule has 1 heterocycles. The first-order valence-corrected chi connectivity index (χ1v) is 10.4. The number of aliphatic imine (C=N–C) groups is 1. The molecular formula is C25H25N5O. The van der Waals surface area contributed by atoms with E-state index in [4.69, 9.17) is 4.74 Å². The van der Waals surface area contributed by atoms with Crippen molar-refractivity contribution in [2.45, 2.75) is 19.8 Å². The molecule has 0 spiro atoms. The number of rotatable bonds is 8. The standard InChI is InChI=1S/C25H25N5O/c1-2-3-17-31-21-15-13-19(14-16-21)18-26-30-25(27-20-9-5-4-6-10-20)24-28-22-11-7-8-12-23(22)29-24/h4-16,18H,2-3,17H2,1H3,(H,27,30)(H,28,29)/b26-18+. The molecule has 4 rings (SSSR count). The number of fused-ring (bicyclic) bond motifs is 1. The third kappa shape index (κ3) is 5.57. The van der Waals surface area contributed by atoms with E-state index in [1.54, 1.807) is 6.21 Å². The van der Waals surface area contributed by atoms with Gasteiger partial charge in [0, 0.05) is 0 Å². The van der Waals surface area contributed by atoms with Crippen molar-refractivity contribution < 1.29 is 4.74 Å². The molecule has 156 valence electrons. The zero-order chi connectivity index (χ0) is 21.3. The number of hydrogen-bond acceptors (Lipinski definition) is 4. The first-order valence-electron chi connectivity index (χ1n) is 10.4. The fourth-order valence-corrected chi connectivity index (χ4v) is 2.98. The van der Waals surface area contributed by atoms with E-state index in [-0.39, 0.29) is 0 Å². The van der Waals surface area contributed by atoms with Crippen LogP contribution in [-0.4, -0.2) is 28.6 Å². The maximum absolute atomic E-state index is 5.71. The summed E-state index contributed by atoms with van der Waals surface area (Å²) in [5, 5.41) is 4.38. The molecule has 0 bridgehead atoms. The van der Waals surface area contributed by atoms with Gasteiger partial charge in [0.1, 0.15) is 5.75 Å². The van der Waals surface area contributed by atoms with Gasteiger partial charge in [0.15, 0.2) is 11.7 Å². The normalized spacial score (nSPS) is 11.8. The zero-order valence-corrected chi connectivity index (χ0v) is 17.5. The van der Waals surface area contributed by atoms with Gasteiger partial charge in [-0.05, 0) is 60.5 Å². The van der Waals surface area contributed by atoms with Gasteiger partial charge in [-0.2, -0.15) is 5.10 Å². The van der Waals surface area contributed by atoms with Crippen LogP contribution in [0.3, 0.4) is 0 Å². The Kier molecular flexibility index (Phi) is 6.70. The van der Waals surface area contributed by atoms with Gasteiger partial charge in [0.2, 0.25) is 0 Å². The van der Waals surface area contributed by atoms with Crippen LogP contribution < -0.4 is 10.2 Å². The maximum Gasteiger partial charge on any atom is 0.190 e. The highest BCUT2D eigenvalue weighted by Crippen LogP contribution is 2.15. The lowest BCUT2D eigenvalue weighted by atomic mass is 10.2. The molecule has 0 radical (unpaired) electrons. The Bertz CT molecular complexity index is 1130. The number of hydrazone groups is 1. The number of aromatic amines is 1. The molecule has 2 N–H and O–H groups in total. The van der Waals surface area contributed by atoms with E-state index in [1.165, 1.54) is 0 Å². The van der Waals surface area contributed by atoms with E-state index in [0.29, 0.717) is 11.7 Å². The Morgan fingerprint density at radius 2 is 1.77 bits per heavy atom. The highest BCUT2D eigenvalue weighted by Gasteiger charge is 2.09. The molecule has 0 aliphatic carbocycles. The Hall–Kier alpha value is -3.93. The number of aromatic nitrogens is 2. The quantitative estimate of drug-likeness (QED) is 0.175. The highest BCUT2D eigenvalue weighted by molar-refractivity contribution is 6.00. The summed E-state index contributed by atoms with van der Waals surface area (Å²) in [5.74, 6) is 2.03. The van der Waals surface area contributed by atoms with Crippen molar-refractivity contribution in [3.8, 4) is 5.75 Å². The first kappa shape index (κ1) is 20.3. The number of hydrogen-bond donors (Lipinski definition) is 2. The van der Waals surface area contributed by atoms with Crippen LogP contribution in [0, 0.1) is 0 Å². The Balaban J connectivity index is 1.52. The molecule has 0 aliphatic heterocycles. The number of para-hydroxylation sites is 3. The molecule has 0 aliphatic rings. The lowest BCUT2D eigenvalue weighted by Crippen LogP contribution is -2.20. The van der Waals surface area contributed by atoms with Crippen LogP contribution in [0.5, 0.6) is 5.75 Å². The maximum atomic E-state index is 5.71. The van der Waals surface area contributed by atoms with Crippen molar-refractivity contribution in [3.63, 3.8) is 0 Å². The first-order chi connectivity index (χ1) is 15.3. The second-order valence-electron chi connectivity index (χ2n) is 7.04. The van der Waals surface area contributed by atoms with Crippen LogP contribution in [0.2, 0.25) is 0 Å². The molecule has 0 saturated heterocycles. The summed E-state index contributed by atoms with van der Waals surface area (Å²) in [6, 6.07) is 25.5. The molecule has 1 aromatic heterocycles. The van der Waals surface area contributed by atoms with Gasteiger partial charge in [0.05, 0.1) is 29.5 Å². The second-order valence-corrected chi connectivity index (χ2v) is 7.04. The monoisotopic (exact) mass is 411 g/mol. The van der Waals surface area contributed by atoms with E-state index < -0.39 is 0 Å². The van der Waals surface area contributed by atoms with Crippen LogP contribution in [0.25, 0.3) is 11.0 Å². The summed E-state index contributed by atoms with van der Waals surface area (Å²) in [6.07, 6.45) is 3.92. The van der Waals surface area contributed by atoms with Gasteiger partial charge in [-0.25, -0.2) is 9.98 Å². The third-order valence-electron chi connectivity index (χ3n) is 4.64. The molecule has 0 amide bonds. The minimum absolute atomic E-state index is 0.540. The lowest BCUT2D eigenvalue weighted by molar-refractivity contribution is 0.309. The van der Waals surface area contributed by atoms with Crippen molar-refractivity contribution in [1.29, 1.82) is 0 Å². The zero-order valence-electron chi connectivity index (χ0n) is 17.5. The predicted octanol–water partition coefficient (Wildman–Crippen LogP) is 5.44. The number of amidine groups is 1. The van der Waals surface area contributed by atoms with Crippen molar-refractivity contribution >= 4 is 28.8 Å². The molecule has 0 saturated carbocycles. The van der Waals surface area contributed by atoms with E-state index in [0.717, 1.165) is 47.5 Å². The number of imidazole rings is 1. The fourth-order valence-electron chi connectivity index (χ4n) is 2.98. The summed E-state index contributed by atoms with van der Waals surface area (Å²) >= 11 is 0. The van der Waals surface area contributed by atoms with E-state index in [2.05, 4.69) is 32.4 Å². The van der Waals surface area contributed by atoms with Crippen molar-refractivity contribution in [2.75, 3.05) is 6.61 Å². The number of benzene rings is 3. The van der Waals surface area contributed by atoms with Crippen molar-refractivity contribution in [1.82, 2.24) is 15.4 Å². The summed E-state index contributed by atoms with van der Waals surface area (Å²) in [6.45, 7) is 2.89. The number of unbranched alkanes of at least 4 members (excludes halogenated alkanes) is 1. The van der Waals surface area contributed by atoms with Crippen LogP contribution >= 0.6 is 0 Å². The minimum Gasteiger partial charge on any atom is -0.494 e. The number of nitrogens with zero attached hydrogens (tertiary/aromatic N) is 3. The SMILES string of the molecule is CCCCOc1ccc(/C=N/NC(=Nc2ccccc2)c2nc3ccccc3[nH]2)cc1. The van der Waals surface area contributed by atoms with E-state index >= 15 is 0 Å². The molecule has 0 fully saturated rings. The number of ether oxygens (including phenoxy) is 1. The Labute approximate surface area is 181 Å². The highest BCUT2D eigenvalue weighted by atomic mass is 16.5.